The van der Waals surface area contributed by atoms with Crippen molar-refractivity contribution in [2.75, 3.05) is 6.61 Å². The molecular formula is C17H21NO2. The van der Waals surface area contributed by atoms with Gasteiger partial charge in [0, 0.05) is 30.0 Å². The number of carbonyl (C=O) groups excluding carboxylic acids is 1. The van der Waals surface area contributed by atoms with Gasteiger partial charge in [-0.1, -0.05) is 45.0 Å². The predicted octanol–water partition coefficient (Wildman–Crippen LogP) is 3.87. The molecule has 106 valence electrons. The van der Waals surface area contributed by atoms with Crippen LogP contribution >= 0.6 is 0 Å². The highest BCUT2D eigenvalue weighted by Crippen LogP contribution is 2.28. The van der Waals surface area contributed by atoms with Gasteiger partial charge in [0.05, 0.1) is 0 Å². The maximum Gasteiger partial charge on any atom is 0.194 e. The zero-order valence-corrected chi connectivity index (χ0v) is 12.5. The highest BCUT2D eigenvalue weighted by molar-refractivity contribution is 6.09. The van der Waals surface area contributed by atoms with Gasteiger partial charge in [0.25, 0.3) is 0 Å². The molecule has 0 saturated heterocycles. The van der Waals surface area contributed by atoms with Gasteiger partial charge in [-0.05, 0) is 17.7 Å². The normalized spacial score (nSPS) is 13.4. The molecule has 1 aromatic heterocycles. The van der Waals surface area contributed by atoms with Gasteiger partial charge >= 0.3 is 0 Å². The summed E-state index contributed by atoms with van der Waals surface area (Å²) in [5.41, 5.74) is 0.390. The number of fused-ring (bicyclic) bond motifs is 1. The molecule has 0 aliphatic carbocycles. The van der Waals surface area contributed by atoms with E-state index in [1.807, 2.05) is 52.0 Å². The predicted molar refractivity (Wildman–Crippen MR) is 80.9 cm³/mol. The molecule has 20 heavy (non-hydrogen) atoms. The largest absolute Gasteiger partial charge is 0.370 e. The van der Waals surface area contributed by atoms with Gasteiger partial charge in [0.2, 0.25) is 0 Å². The first-order chi connectivity index (χ1) is 9.45. The first kappa shape index (κ1) is 14.7. The van der Waals surface area contributed by atoms with Gasteiger partial charge in [-0.3, -0.25) is 9.78 Å². The first-order valence-corrected chi connectivity index (χ1v) is 6.93. The highest BCUT2D eigenvalue weighted by Gasteiger charge is 2.33. The monoisotopic (exact) mass is 271 g/mol. The van der Waals surface area contributed by atoms with Crippen LogP contribution in [0, 0.1) is 5.41 Å². The first-order valence-electron chi connectivity index (χ1n) is 6.93. The fourth-order valence-corrected chi connectivity index (χ4v) is 2.34. The average molecular weight is 271 g/mol. The van der Waals surface area contributed by atoms with Crippen molar-refractivity contribution >= 4 is 16.6 Å². The van der Waals surface area contributed by atoms with E-state index in [9.17, 15) is 4.79 Å². The van der Waals surface area contributed by atoms with Crippen LogP contribution in [0.3, 0.4) is 0 Å². The Morgan fingerprint density at radius 1 is 1.25 bits per heavy atom. The van der Waals surface area contributed by atoms with Crippen LogP contribution in [0.2, 0.25) is 0 Å². The number of rotatable bonds is 4. The maximum absolute atomic E-state index is 12.8. The molecule has 0 fully saturated rings. The smallest absolute Gasteiger partial charge is 0.194 e. The maximum atomic E-state index is 12.8. The molecule has 1 heterocycles. The number of hydrogen-bond acceptors (Lipinski definition) is 3. The van der Waals surface area contributed by atoms with Gasteiger partial charge in [0.15, 0.2) is 5.78 Å². The molecule has 3 heteroatoms. The highest BCUT2D eigenvalue weighted by atomic mass is 16.5. The molecule has 1 unspecified atom stereocenters. The summed E-state index contributed by atoms with van der Waals surface area (Å²) in [6, 6.07) is 7.80. The van der Waals surface area contributed by atoms with Crippen LogP contribution in [0.15, 0.2) is 36.7 Å². The Morgan fingerprint density at radius 3 is 2.60 bits per heavy atom. The number of aromatic nitrogens is 1. The molecule has 3 nitrogen and oxygen atoms in total. The number of nitrogens with zero attached hydrogens (tertiary/aromatic N) is 1. The summed E-state index contributed by atoms with van der Waals surface area (Å²) < 4.78 is 5.69. The second-order valence-corrected chi connectivity index (χ2v) is 5.97. The van der Waals surface area contributed by atoms with E-state index in [0.717, 1.165) is 10.8 Å². The minimum absolute atomic E-state index is 0.00338. The Kier molecular flexibility index (Phi) is 4.19. The van der Waals surface area contributed by atoms with E-state index < -0.39 is 6.10 Å². The standard InChI is InChI=1S/C17H21NO2/c1-5-20-16(17(2,3)4)15(19)14-11-18-10-12-8-6-7-9-13(12)14/h6-11,16H,5H2,1-4H3. The minimum atomic E-state index is -0.458. The molecule has 0 spiro atoms. The zero-order chi connectivity index (χ0) is 14.8. The third-order valence-corrected chi connectivity index (χ3v) is 3.29. The lowest BCUT2D eigenvalue weighted by atomic mass is 9.84. The lowest BCUT2D eigenvalue weighted by Crippen LogP contribution is -2.37. The lowest BCUT2D eigenvalue weighted by molar-refractivity contribution is -0.000121. The van der Waals surface area contributed by atoms with Crippen molar-refractivity contribution < 1.29 is 9.53 Å². The molecule has 1 atom stereocenters. The number of benzene rings is 1. The summed E-state index contributed by atoms with van der Waals surface area (Å²) in [6.45, 7) is 8.48. The molecule has 0 aliphatic rings. The number of Topliss-reactive ketones (excluding diaryl/α,β-unsaturated/α-hetero) is 1. The Labute approximate surface area is 120 Å². The SMILES string of the molecule is CCOC(C(=O)c1cncc2ccccc12)C(C)(C)C. The molecule has 0 saturated carbocycles. The van der Waals surface area contributed by atoms with Crippen LogP contribution in [0.25, 0.3) is 10.8 Å². The van der Waals surface area contributed by atoms with Crippen LogP contribution in [-0.4, -0.2) is 23.5 Å². The van der Waals surface area contributed by atoms with Crippen molar-refractivity contribution in [3.63, 3.8) is 0 Å². The van der Waals surface area contributed by atoms with Crippen molar-refractivity contribution in [1.82, 2.24) is 4.98 Å². The molecular weight excluding hydrogens is 250 g/mol. The number of hydrogen-bond donors (Lipinski definition) is 0. The molecule has 0 N–H and O–H groups in total. The van der Waals surface area contributed by atoms with Crippen molar-refractivity contribution in [3.05, 3.63) is 42.2 Å². The van der Waals surface area contributed by atoms with Crippen LogP contribution in [0.1, 0.15) is 38.1 Å². The Hall–Kier alpha value is -1.74. The molecule has 2 aromatic rings. The molecule has 0 aliphatic heterocycles. The number of ether oxygens (including phenoxy) is 1. The van der Waals surface area contributed by atoms with E-state index >= 15 is 0 Å². The van der Waals surface area contributed by atoms with E-state index in [4.69, 9.17) is 4.74 Å². The van der Waals surface area contributed by atoms with Gasteiger partial charge < -0.3 is 4.74 Å². The van der Waals surface area contributed by atoms with E-state index in [1.165, 1.54) is 0 Å². The number of carbonyl (C=O) groups is 1. The number of pyridine rings is 1. The summed E-state index contributed by atoms with van der Waals surface area (Å²) in [4.78, 5) is 17.0. The van der Waals surface area contributed by atoms with Crippen LogP contribution in [0.4, 0.5) is 0 Å². The second kappa shape index (κ2) is 5.71. The Morgan fingerprint density at radius 2 is 1.95 bits per heavy atom. The zero-order valence-electron chi connectivity index (χ0n) is 12.5. The molecule has 2 rings (SSSR count). The van der Waals surface area contributed by atoms with Crippen molar-refractivity contribution in [3.8, 4) is 0 Å². The molecule has 0 amide bonds. The van der Waals surface area contributed by atoms with Crippen molar-refractivity contribution in [1.29, 1.82) is 0 Å². The van der Waals surface area contributed by atoms with E-state index in [0.29, 0.717) is 12.2 Å². The van der Waals surface area contributed by atoms with Crippen LogP contribution in [-0.2, 0) is 4.74 Å². The summed E-state index contributed by atoms with van der Waals surface area (Å²) in [6.07, 6.45) is 2.96. The lowest BCUT2D eigenvalue weighted by Gasteiger charge is -2.29. The van der Waals surface area contributed by atoms with Gasteiger partial charge in [-0.25, -0.2) is 0 Å². The summed E-state index contributed by atoms with van der Waals surface area (Å²) in [5.74, 6) is 0.00338. The van der Waals surface area contributed by atoms with E-state index in [2.05, 4.69) is 4.98 Å². The molecule has 1 aromatic carbocycles. The Balaban J connectivity index is 2.49. The Bertz CT molecular complexity index is 608. The topological polar surface area (TPSA) is 39.2 Å². The summed E-state index contributed by atoms with van der Waals surface area (Å²) in [7, 11) is 0. The van der Waals surface area contributed by atoms with Crippen LogP contribution in [0.5, 0.6) is 0 Å². The minimum Gasteiger partial charge on any atom is -0.370 e. The van der Waals surface area contributed by atoms with Gasteiger partial charge in [-0.15, -0.1) is 0 Å². The molecule has 0 bridgehead atoms. The quantitative estimate of drug-likeness (QED) is 0.792. The van der Waals surface area contributed by atoms with Crippen molar-refractivity contribution in [2.45, 2.75) is 33.8 Å². The summed E-state index contributed by atoms with van der Waals surface area (Å²) in [5, 5.41) is 1.91. The van der Waals surface area contributed by atoms with E-state index in [1.54, 1.807) is 12.4 Å². The molecule has 0 radical (unpaired) electrons. The van der Waals surface area contributed by atoms with Crippen LogP contribution < -0.4 is 0 Å². The fourth-order valence-electron chi connectivity index (χ4n) is 2.34. The third kappa shape index (κ3) is 2.88. The number of ketones is 1. The third-order valence-electron chi connectivity index (χ3n) is 3.29. The fraction of sp³-hybridized carbons (Fsp3) is 0.412. The van der Waals surface area contributed by atoms with Crippen molar-refractivity contribution in [2.24, 2.45) is 5.41 Å². The average Bonchev–Trinajstić information content (AvgIpc) is 2.42. The van der Waals surface area contributed by atoms with Gasteiger partial charge in [0.1, 0.15) is 6.10 Å². The second-order valence-electron chi connectivity index (χ2n) is 5.97. The summed E-state index contributed by atoms with van der Waals surface area (Å²) >= 11 is 0. The van der Waals surface area contributed by atoms with E-state index in [-0.39, 0.29) is 11.2 Å². The van der Waals surface area contributed by atoms with Gasteiger partial charge in [-0.2, -0.15) is 0 Å².